The summed E-state index contributed by atoms with van der Waals surface area (Å²) in [7, 11) is 0. The molecule has 178 valence electrons. The SMILES string of the molecule is CC1CNc2c(sc3ccc4nc(-c5cccc(N6CCC7(CC6)CNC7)c5)ccc4c23)C(=O)N1. The molecule has 3 aliphatic heterocycles. The van der Waals surface area contributed by atoms with Gasteiger partial charge >= 0.3 is 0 Å². The molecule has 1 spiro atoms. The summed E-state index contributed by atoms with van der Waals surface area (Å²) in [5.41, 5.74) is 5.86. The Morgan fingerprint density at radius 3 is 2.74 bits per heavy atom. The Hall–Kier alpha value is -3.16. The zero-order chi connectivity index (χ0) is 23.6. The van der Waals surface area contributed by atoms with E-state index in [1.165, 1.54) is 31.6 Å². The Bertz CT molecular complexity index is 1460. The minimum atomic E-state index is 0.00505. The molecular weight excluding hydrogens is 454 g/mol. The van der Waals surface area contributed by atoms with Gasteiger partial charge in [-0.3, -0.25) is 4.79 Å². The molecule has 6 nitrogen and oxygen atoms in total. The predicted octanol–water partition coefficient (Wildman–Crippen LogP) is 4.85. The number of carbonyl (C=O) groups excluding carboxylic acids is 1. The molecule has 2 aromatic heterocycles. The largest absolute Gasteiger partial charge is 0.381 e. The summed E-state index contributed by atoms with van der Waals surface area (Å²) in [4.78, 5) is 21.1. The lowest BCUT2D eigenvalue weighted by atomic mass is 9.73. The minimum Gasteiger partial charge on any atom is -0.381 e. The number of thiophene rings is 1. The molecule has 4 aromatic rings. The van der Waals surface area contributed by atoms with Crippen molar-refractivity contribution in [3.8, 4) is 11.3 Å². The summed E-state index contributed by atoms with van der Waals surface area (Å²) in [5.74, 6) is 0.00505. The minimum absolute atomic E-state index is 0.00505. The highest BCUT2D eigenvalue weighted by Gasteiger charge is 2.39. The van der Waals surface area contributed by atoms with Crippen LogP contribution in [0.25, 0.3) is 32.2 Å². The summed E-state index contributed by atoms with van der Waals surface area (Å²) < 4.78 is 1.11. The molecule has 7 heteroatoms. The molecule has 1 atom stereocenters. The molecule has 1 amide bonds. The lowest BCUT2D eigenvalue weighted by molar-refractivity contribution is 0.0949. The fourth-order valence-corrected chi connectivity index (χ4v) is 6.92. The lowest BCUT2D eigenvalue weighted by Gasteiger charge is -2.49. The van der Waals surface area contributed by atoms with Crippen molar-refractivity contribution in [2.75, 3.05) is 42.9 Å². The molecule has 3 N–H and O–H groups in total. The molecule has 0 bridgehead atoms. The summed E-state index contributed by atoms with van der Waals surface area (Å²) >= 11 is 1.55. The van der Waals surface area contributed by atoms with E-state index in [1.807, 2.05) is 6.92 Å². The van der Waals surface area contributed by atoms with E-state index in [1.54, 1.807) is 11.3 Å². The number of pyridine rings is 1. The van der Waals surface area contributed by atoms with E-state index < -0.39 is 0 Å². The number of hydrogen-bond donors (Lipinski definition) is 3. The Balaban J connectivity index is 1.24. The van der Waals surface area contributed by atoms with Gasteiger partial charge in [0.15, 0.2) is 0 Å². The van der Waals surface area contributed by atoms with Gasteiger partial charge in [0.05, 0.1) is 16.9 Å². The van der Waals surface area contributed by atoms with Gasteiger partial charge in [-0.1, -0.05) is 12.1 Å². The fourth-order valence-electron chi connectivity index (χ4n) is 5.82. The van der Waals surface area contributed by atoms with Crippen LogP contribution < -0.4 is 20.9 Å². The second-order valence-corrected chi connectivity index (χ2v) is 11.5. The van der Waals surface area contributed by atoms with E-state index in [-0.39, 0.29) is 11.9 Å². The van der Waals surface area contributed by atoms with Crippen molar-refractivity contribution in [3.63, 3.8) is 0 Å². The molecule has 2 aromatic carbocycles. The van der Waals surface area contributed by atoms with Gasteiger partial charge in [0.25, 0.3) is 5.91 Å². The molecule has 1 unspecified atom stereocenters. The van der Waals surface area contributed by atoms with E-state index in [0.717, 1.165) is 55.9 Å². The number of benzene rings is 2. The summed E-state index contributed by atoms with van der Waals surface area (Å²) in [5, 5.41) is 12.2. The van der Waals surface area contributed by atoms with E-state index >= 15 is 0 Å². The Morgan fingerprint density at radius 1 is 1.09 bits per heavy atom. The average molecular weight is 484 g/mol. The smallest absolute Gasteiger partial charge is 0.263 e. The van der Waals surface area contributed by atoms with Crippen molar-refractivity contribution in [1.82, 2.24) is 15.6 Å². The van der Waals surface area contributed by atoms with E-state index in [0.29, 0.717) is 12.0 Å². The molecule has 7 rings (SSSR count). The number of anilines is 2. The standard InChI is InChI=1S/C28H29N5OS/c1-17-14-30-25-24-20-5-6-21(32-22(20)7-8-23(24)35-26(25)27(34)31-17)18-3-2-4-19(13-18)33-11-9-28(10-12-33)15-29-16-28/h2-8,13,17,29-30H,9-12,14-16H2,1H3,(H,31,34). The van der Waals surface area contributed by atoms with Crippen molar-refractivity contribution in [3.05, 3.63) is 53.4 Å². The number of piperidine rings is 1. The fraction of sp³-hybridized carbons (Fsp3) is 0.357. The van der Waals surface area contributed by atoms with Gasteiger partial charge in [0.2, 0.25) is 0 Å². The Kier molecular flexibility index (Phi) is 4.79. The number of rotatable bonds is 2. The van der Waals surface area contributed by atoms with Crippen LogP contribution in [0.4, 0.5) is 11.4 Å². The van der Waals surface area contributed by atoms with E-state index in [2.05, 4.69) is 69.4 Å². The maximum Gasteiger partial charge on any atom is 0.263 e. The molecule has 2 fully saturated rings. The number of nitrogens with one attached hydrogen (secondary N) is 3. The molecule has 5 heterocycles. The first kappa shape index (κ1) is 21.1. The first-order valence-electron chi connectivity index (χ1n) is 12.6. The van der Waals surface area contributed by atoms with Crippen molar-refractivity contribution in [2.45, 2.75) is 25.8 Å². The molecule has 2 saturated heterocycles. The van der Waals surface area contributed by atoms with Gasteiger partial charge in [0.1, 0.15) is 4.88 Å². The third-order valence-corrected chi connectivity index (χ3v) is 9.18. The van der Waals surface area contributed by atoms with Crippen LogP contribution in [-0.4, -0.2) is 49.7 Å². The number of carbonyl (C=O) groups is 1. The molecular formula is C28H29N5OS. The van der Waals surface area contributed by atoms with Gasteiger partial charge in [-0.2, -0.15) is 0 Å². The lowest BCUT2D eigenvalue weighted by Crippen LogP contribution is -2.58. The number of aromatic nitrogens is 1. The average Bonchev–Trinajstić information content (AvgIpc) is 3.19. The number of hydrogen-bond acceptors (Lipinski definition) is 6. The second-order valence-electron chi connectivity index (χ2n) is 10.4. The quantitative estimate of drug-likeness (QED) is 0.380. The van der Waals surface area contributed by atoms with Gasteiger partial charge in [0, 0.05) is 65.5 Å². The molecule has 35 heavy (non-hydrogen) atoms. The van der Waals surface area contributed by atoms with E-state index in [4.69, 9.17) is 4.98 Å². The normalized spacial score (nSPS) is 21.3. The second kappa shape index (κ2) is 7.93. The van der Waals surface area contributed by atoms with Crippen molar-refractivity contribution in [2.24, 2.45) is 5.41 Å². The highest BCUT2D eigenvalue weighted by atomic mass is 32.1. The molecule has 0 radical (unpaired) electrons. The number of amides is 1. The van der Waals surface area contributed by atoms with Crippen LogP contribution in [0.5, 0.6) is 0 Å². The Labute approximate surface area is 208 Å². The third-order valence-electron chi connectivity index (χ3n) is 8.02. The zero-order valence-corrected chi connectivity index (χ0v) is 20.7. The van der Waals surface area contributed by atoms with Crippen molar-refractivity contribution in [1.29, 1.82) is 0 Å². The Morgan fingerprint density at radius 2 is 1.94 bits per heavy atom. The first-order valence-corrected chi connectivity index (χ1v) is 13.4. The van der Waals surface area contributed by atoms with Crippen LogP contribution in [0.1, 0.15) is 29.4 Å². The van der Waals surface area contributed by atoms with Crippen molar-refractivity contribution >= 4 is 49.6 Å². The maximum absolute atomic E-state index is 12.7. The van der Waals surface area contributed by atoms with E-state index in [9.17, 15) is 4.79 Å². The summed E-state index contributed by atoms with van der Waals surface area (Å²) in [6, 6.07) is 17.4. The van der Waals surface area contributed by atoms with Crippen LogP contribution in [-0.2, 0) is 0 Å². The topological polar surface area (TPSA) is 69.3 Å². The van der Waals surface area contributed by atoms with Crippen LogP contribution >= 0.6 is 11.3 Å². The monoisotopic (exact) mass is 483 g/mol. The number of nitrogens with zero attached hydrogens (tertiary/aromatic N) is 2. The molecule has 0 aliphatic carbocycles. The van der Waals surface area contributed by atoms with Crippen LogP contribution in [0, 0.1) is 5.41 Å². The summed E-state index contributed by atoms with van der Waals surface area (Å²) in [6.45, 7) is 7.35. The molecule has 0 saturated carbocycles. The maximum atomic E-state index is 12.7. The highest BCUT2D eigenvalue weighted by molar-refractivity contribution is 7.21. The zero-order valence-electron chi connectivity index (χ0n) is 19.9. The predicted molar refractivity (Wildman–Crippen MR) is 145 cm³/mol. The van der Waals surface area contributed by atoms with Crippen molar-refractivity contribution < 1.29 is 4.79 Å². The highest BCUT2D eigenvalue weighted by Crippen LogP contribution is 2.41. The number of fused-ring (bicyclic) bond motifs is 5. The first-order chi connectivity index (χ1) is 17.1. The third kappa shape index (κ3) is 3.48. The van der Waals surface area contributed by atoms with Gasteiger partial charge in [-0.15, -0.1) is 11.3 Å². The van der Waals surface area contributed by atoms with Gasteiger partial charge in [-0.05, 0) is 61.6 Å². The van der Waals surface area contributed by atoms with Gasteiger partial charge in [-0.25, -0.2) is 4.98 Å². The van der Waals surface area contributed by atoms with Crippen LogP contribution in [0.2, 0.25) is 0 Å². The van der Waals surface area contributed by atoms with Crippen LogP contribution in [0.15, 0.2) is 48.5 Å². The molecule has 3 aliphatic rings. The summed E-state index contributed by atoms with van der Waals surface area (Å²) in [6.07, 6.45) is 2.54. The van der Waals surface area contributed by atoms with Crippen LogP contribution in [0.3, 0.4) is 0 Å². The van der Waals surface area contributed by atoms with Gasteiger partial charge < -0.3 is 20.9 Å².